The van der Waals surface area contributed by atoms with Gasteiger partial charge in [-0.25, -0.2) is 14.5 Å². The van der Waals surface area contributed by atoms with Crippen LogP contribution in [0, 0.1) is 0 Å². The molecule has 0 aliphatic carbocycles. The van der Waals surface area contributed by atoms with Crippen molar-refractivity contribution >= 4 is 34.9 Å². The number of benzene rings is 2. The zero-order valence-corrected chi connectivity index (χ0v) is 17.1. The van der Waals surface area contributed by atoms with Crippen molar-refractivity contribution in [3.63, 3.8) is 0 Å². The lowest BCUT2D eigenvalue weighted by Gasteiger charge is -2.15. The van der Waals surface area contributed by atoms with Gasteiger partial charge in [0.1, 0.15) is 24.0 Å². The number of anilines is 2. The van der Waals surface area contributed by atoms with E-state index in [1.807, 2.05) is 0 Å². The Hall–Kier alpha value is -3.80. The van der Waals surface area contributed by atoms with Crippen molar-refractivity contribution < 1.29 is 32.2 Å². The van der Waals surface area contributed by atoms with Gasteiger partial charge < -0.3 is 20.5 Å². The number of nitrogen functional groups attached to an aromatic ring is 1. The van der Waals surface area contributed by atoms with Crippen LogP contribution >= 0.6 is 11.6 Å². The summed E-state index contributed by atoms with van der Waals surface area (Å²) >= 11 is 5.90. The van der Waals surface area contributed by atoms with Crippen LogP contribution in [0.1, 0.15) is 15.9 Å². The number of ether oxygens (including phenoxy) is 2. The summed E-state index contributed by atoms with van der Waals surface area (Å²) in [5.74, 6) is -1.76. The molecule has 0 bridgehead atoms. The Kier molecular flexibility index (Phi) is 6.53. The predicted octanol–water partition coefficient (Wildman–Crippen LogP) is 3.33. The Labute approximate surface area is 183 Å². The van der Waals surface area contributed by atoms with E-state index < -0.39 is 30.2 Å². The number of halogens is 4. The van der Waals surface area contributed by atoms with E-state index in [0.717, 1.165) is 18.2 Å². The molecule has 2 aromatic carbocycles. The number of nitrogens with two attached hydrogens (primary N) is 1. The number of hydrogen-bond donors (Lipinski definition) is 2. The summed E-state index contributed by atoms with van der Waals surface area (Å²) in [5, 5.41) is 6.20. The summed E-state index contributed by atoms with van der Waals surface area (Å²) in [6.45, 7) is -0.795. The summed E-state index contributed by atoms with van der Waals surface area (Å²) in [6.07, 6.45) is -2.22. The number of nitrogens with zero attached hydrogens (tertiary/aromatic N) is 3. The Bertz CT molecular complexity index is 1150. The first-order valence-electron chi connectivity index (χ1n) is 8.76. The van der Waals surface area contributed by atoms with E-state index in [0.29, 0.717) is 0 Å². The monoisotopic (exact) mass is 469 g/mol. The van der Waals surface area contributed by atoms with Gasteiger partial charge in [-0.3, -0.25) is 4.79 Å². The van der Waals surface area contributed by atoms with Crippen molar-refractivity contribution in [1.29, 1.82) is 0 Å². The maximum atomic E-state index is 13.1. The maximum absolute atomic E-state index is 13.1. The molecule has 0 aliphatic rings. The summed E-state index contributed by atoms with van der Waals surface area (Å²) in [6, 6.07) is 5.22. The Morgan fingerprint density at radius 2 is 2.00 bits per heavy atom. The van der Waals surface area contributed by atoms with Gasteiger partial charge in [0.05, 0.1) is 34.8 Å². The minimum absolute atomic E-state index is 0.0728. The highest BCUT2D eigenvalue weighted by Gasteiger charge is 2.31. The molecule has 3 aromatic rings. The fourth-order valence-electron chi connectivity index (χ4n) is 2.64. The molecule has 13 heteroatoms. The van der Waals surface area contributed by atoms with Gasteiger partial charge in [0.15, 0.2) is 6.61 Å². The molecule has 0 atom stereocenters. The summed E-state index contributed by atoms with van der Waals surface area (Å²) in [5.41, 5.74) is 4.67. The number of carbonyl (C=O) groups is 2. The smallest absolute Gasteiger partial charge is 0.416 e. The van der Waals surface area contributed by atoms with Crippen LogP contribution in [-0.2, 0) is 15.7 Å². The number of amides is 1. The quantitative estimate of drug-likeness (QED) is 0.419. The van der Waals surface area contributed by atoms with Crippen LogP contribution in [0.3, 0.4) is 0 Å². The number of nitrogens with one attached hydrogen (secondary N) is 1. The van der Waals surface area contributed by atoms with Crippen LogP contribution in [0.15, 0.2) is 43.0 Å². The maximum Gasteiger partial charge on any atom is 0.416 e. The van der Waals surface area contributed by atoms with E-state index in [2.05, 4.69) is 15.4 Å². The van der Waals surface area contributed by atoms with E-state index in [4.69, 9.17) is 26.8 Å². The summed E-state index contributed by atoms with van der Waals surface area (Å²) < 4.78 is 50.5. The second-order valence-corrected chi connectivity index (χ2v) is 6.68. The molecule has 3 rings (SSSR count). The zero-order valence-electron chi connectivity index (χ0n) is 16.3. The highest BCUT2D eigenvalue weighted by Crippen LogP contribution is 2.33. The molecular weight excluding hydrogens is 455 g/mol. The average Bonchev–Trinajstić information content (AvgIpc) is 3.27. The molecule has 1 aromatic heterocycles. The third kappa shape index (κ3) is 5.09. The first kappa shape index (κ1) is 22.9. The Balaban J connectivity index is 1.78. The molecule has 9 nitrogen and oxygen atoms in total. The predicted molar refractivity (Wildman–Crippen MR) is 108 cm³/mol. The molecule has 0 aliphatic heterocycles. The molecule has 0 saturated heterocycles. The molecule has 0 spiro atoms. The fraction of sp³-hybridized carbons (Fsp3) is 0.158. The second kappa shape index (κ2) is 9.14. The number of methoxy groups -OCH3 is 1. The highest BCUT2D eigenvalue weighted by molar-refractivity contribution is 6.33. The SMILES string of the molecule is COc1cc(N)c(Cl)cc1C(=O)OCC(=O)Nc1cc(C(F)(F)F)ccc1-n1cncn1. The van der Waals surface area contributed by atoms with Crippen LogP contribution in [-0.4, -0.2) is 40.4 Å². The van der Waals surface area contributed by atoms with Gasteiger partial charge in [0, 0.05) is 6.07 Å². The van der Waals surface area contributed by atoms with Crippen LogP contribution in [0.2, 0.25) is 5.02 Å². The van der Waals surface area contributed by atoms with E-state index in [9.17, 15) is 22.8 Å². The topological polar surface area (TPSA) is 121 Å². The van der Waals surface area contributed by atoms with Crippen LogP contribution in [0.25, 0.3) is 5.69 Å². The zero-order chi connectivity index (χ0) is 23.5. The number of esters is 1. The third-order valence-electron chi connectivity index (χ3n) is 4.14. The van der Waals surface area contributed by atoms with E-state index >= 15 is 0 Å². The molecule has 0 unspecified atom stereocenters. The number of aromatic nitrogens is 3. The van der Waals surface area contributed by atoms with Crippen molar-refractivity contribution in [3.05, 3.63) is 59.1 Å². The summed E-state index contributed by atoms with van der Waals surface area (Å²) in [4.78, 5) is 28.4. The largest absolute Gasteiger partial charge is 0.496 e. The van der Waals surface area contributed by atoms with Gasteiger partial charge >= 0.3 is 12.1 Å². The van der Waals surface area contributed by atoms with Crippen LogP contribution in [0.5, 0.6) is 5.75 Å². The van der Waals surface area contributed by atoms with Crippen LogP contribution < -0.4 is 15.8 Å². The minimum Gasteiger partial charge on any atom is -0.496 e. The van der Waals surface area contributed by atoms with Gasteiger partial charge in [0.25, 0.3) is 5.91 Å². The lowest BCUT2D eigenvalue weighted by Crippen LogP contribution is -2.22. The molecule has 32 heavy (non-hydrogen) atoms. The third-order valence-corrected chi connectivity index (χ3v) is 4.46. The average molecular weight is 470 g/mol. The lowest BCUT2D eigenvalue weighted by atomic mass is 10.1. The minimum atomic E-state index is -4.64. The van der Waals surface area contributed by atoms with Crippen molar-refractivity contribution in [2.24, 2.45) is 0 Å². The molecule has 0 radical (unpaired) electrons. The van der Waals surface area contributed by atoms with E-state index in [1.165, 1.54) is 36.6 Å². The second-order valence-electron chi connectivity index (χ2n) is 6.27. The van der Waals surface area contributed by atoms with Gasteiger partial charge in [-0.1, -0.05) is 11.6 Å². The molecule has 1 amide bonds. The molecule has 1 heterocycles. The standard InChI is InChI=1S/C19H15ClF3N5O4/c1-31-16-6-13(24)12(20)5-11(16)18(30)32-7-17(29)27-14-4-10(19(21,22)23)2-3-15(14)28-9-25-8-26-28/h2-6,8-9H,7,24H2,1H3,(H,27,29). The van der Waals surface area contributed by atoms with Gasteiger partial charge in [-0.15, -0.1) is 0 Å². The van der Waals surface area contributed by atoms with Gasteiger partial charge in [0.2, 0.25) is 0 Å². The van der Waals surface area contributed by atoms with Crippen molar-refractivity contribution in [1.82, 2.24) is 14.8 Å². The fourth-order valence-corrected chi connectivity index (χ4v) is 2.80. The number of rotatable bonds is 6. The van der Waals surface area contributed by atoms with Gasteiger partial charge in [-0.2, -0.15) is 18.3 Å². The molecule has 168 valence electrons. The van der Waals surface area contributed by atoms with Crippen LogP contribution in [0.4, 0.5) is 24.5 Å². The van der Waals surface area contributed by atoms with Crippen molar-refractivity contribution in [2.75, 3.05) is 24.8 Å². The first-order valence-corrected chi connectivity index (χ1v) is 9.14. The Morgan fingerprint density at radius 1 is 1.25 bits per heavy atom. The Morgan fingerprint density at radius 3 is 2.62 bits per heavy atom. The summed E-state index contributed by atoms with van der Waals surface area (Å²) in [7, 11) is 1.30. The van der Waals surface area contributed by atoms with E-state index in [-0.39, 0.29) is 33.4 Å². The van der Waals surface area contributed by atoms with Crippen molar-refractivity contribution in [2.45, 2.75) is 6.18 Å². The number of hydrogen-bond acceptors (Lipinski definition) is 7. The number of alkyl halides is 3. The van der Waals surface area contributed by atoms with Gasteiger partial charge in [-0.05, 0) is 24.3 Å². The highest BCUT2D eigenvalue weighted by atomic mass is 35.5. The first-order chi connectivity index (χ1) is 15.1. The number of carbonyl (C=O) groups excluding carboxylic acids is 2. The molecule has 0 saturated carbocycles. The van der Waals surface area contributed by atoms with Crippen molar-refractivity contribution in [3.8, 4) is 11.4 Å². The van der Waals surface area contributed by atoms with E-state index in [1.54, 1.807) is 0 Å². The molecular formula is C19H15ClF3N5O4. The molecule has 3 N–H and O–H groups in total. The normalized spacial score (nSPS) is 11.2. The molecule has 0 fully saturated rings. The lowest BCUT2D eigenvalue weighted by molar-refractivity contribution is -0.137.